The van der Waals surface area contributed by atoms with Gasteiger partial charge in [0, 0.05) is 13.0 Å². The van der Waals surface area contributed by atoms with Crippen LogP contribution in [0.25, 0.3) is 22.3 Å². The van der Waals surface area contributed by atoms with Gasteiger partial charge in [0.25, 0.3) is 0 Å². The number of hydrogen-bond donors (Lipinski definition) is 1. The number of carbonyl (C=O) groups excluding carboxylic acids is 2. The van der Waals surface area contributed by atoms with Crippen molar-refractivity contribution in [3.05, 3.63) is 108 Å². The van der Waals surface area contributed by atoms with Crippen molar-refractivity contribution in [2.24, 2.45) is 5.92 Å². The minimum atomic E-state index is -0.666. The van der Waals surface area contributed by atoms with Crippen LogP contribution >= 0.6 is 0 Å². The predicted octanol–water partition coefficient (Wildman–Crippen LogP) is 7.63. The highest BCUT2D eigenvalue weighted by Gasteiger charge is 2.19. The summed E-state index contributed by atoms with van der Waals surface area (Å²) in [7, 11) is 1.48. The van der Waals surface area contributed by atoms with Crippen molar-refractivity contribution in [2.45, 2.75) is 57.8 Å². The highest BCUT2D eigenvalue weighted by molar-refractivity contribution is 5.88. The van der Waals surface area contributed by atoms with Crippen LogP contribution in [-0.4, -0.2) is 50.6 Å². The van der Waals surface area contributed by atoms with Crippen molar-refractivity contribution < 1.29 is 28.9 Å². The molecule has 0 amide bonds. The van der Waals surface area contributed by atoms with Crippen LogP contribution in [0.4, 0.5) is 0 Å². The molecule has 0 radical (unpaired) electrons. The lowest BCUT2D eigenvalue weighted by atomic mass is 9.91. The molecule has 1 aliphatic rings. The molecule has 6 nitrogen and oxygen atoms in total. The van der Waals surface area contributed by atoms with Crippen LogP contribution in [0.15, 0.2) is 91.0 Å². The Bertz CT molecular complexity index is 1450. The third-order valence-corrected chi connectivity index (χ3v) is 8.65. The van der Waals surface area contributed by atoms with Gasteiger partial charge in [0.1, 0.15) is 0 Å². The molecule has 3 aromatic rings. The number of aryl methyl sites for hydroxylation is 2. The second-order valence-electron chi connectivity index (χ2n) is 11.9. The fourth-order valence-electron chi connectivity index (χ4n) is 5.88. The zero-order valence-corrected chi connectivity index (χ0v) is 26.7. The van der Waals surface area contributed by atoms with Crippen LogP contribution in [-0.2, 0) is 36.6 Å². The van der Waals surface area contributed by atoms with Crippen molar-refractivity contribution in [1.82, 2.24) is 0 Å². The summed E-state index contributed by atoms with van der Waals surface area (Å²) in [6, 6.07) is 24.4. The van der Waals surface area contributed by atoms with E-state index >= 15 is 0 Å². The largest absolute Gasteiger partial charge is 0.462 e. The van der Waals surface area contributed by atoms with Crippen LogP contribution < -0.4 is 0 Å². The zero-order valence-electron chi connectivity index (χ0n) is 26.7. The Balaban J connectivity index is 1.40. The van der Waals surface area contributed by atoms with E-state index < -0.39 is 18.5 Å². The molecular formula is C39H46O6. The van der Waals surface area contributed by atoms with Crippen LogP contribution in [0, 0.1) is 5.92 Å². The van der Waals surface area contributed by atoms with Crippen molar-refractivity contribution in [2.75, 3.05) is 33.5 Å². The third kappa shape index (κ3) is 9.49. The summed E-state index contributed by atoms with van der Waals surface area (Å²) >= 11 is 0. The first kappa shape index (κ1) is 33.9. The minimum absolute atomic E-state index is 0.0217. The van der Waals surface area contributed by atoms with Gasteiger partial charge in [-0.3, -0.25) is 0 Å². The molecule has 1 atom stereocenters. The molecule has 4 rings (SSSR count). The minimum Gasteiger partial charge on any atom is -0.462 e. The van der Waals surface area contributed by atoms with Crippen LogP contribution in [0.5, 0.6) is 0 Å². The fourth-order valence-corrected chi connectivity index (χ4v) is 5.88. The molecule has 1 fully saturated rings. The number of benzene rings is 3. The smallest absolute Gasteiger partial charge is 0.335 e. The zero-order chi connectivity index (χ0) is 32.2. The van der Waals surface area contributed by atoms with E-state index in [2.05, 4.69) is 86.8 Å². The summed E-state index contributed by atoms with van der Waals surface area (Å²) in [6.07, 6.45) is 7.58. The van der Waals surface area contributed by atoms with Gasteiger partial charge in [-0.2, -0.15) is 0 Å². The summed E-state index contributed by atoms with van der Waals surface area (Å²) in [6.45, 7) is 9.09. The molecule has 238 valence electrons. The molecule has 1 unspecified atom stereocenters. The van der Waals surface area contributed by atoms with E-state index in [4.69, 9.17) is 19.3 Å². The Kier molecular flexibility index (Phi) is 12.7. The lowest BCUT2D eigenvalue weighted by Gasteiger charge is -2.18. The van der Waals surface area contributed by atoms with Gasteiger partial charge >= 0.3 is 11.9 Å². The quantitative estimate of drug-likeness (QED) is 0.133. The molecule has 1 saturated carbocycles. The van der Waals surface area contributed by atoms with Crippen LogP contribution in [0.1, 0.15) is 61.6 Å². The van der Waals surface area contributed by atoms with E-state index in [-0.39, 0.29) is 36.9 Å². The summed E-state index contributed by atoms with van der Waals surface area (Å²) in [5.41, 5.74) is 8.99. The van der Waals surface area contributed by atoms with E-state index in [0.29, 0.717) is 12.8 Å². The lowest BCUT2D eigenvalue weighted by molar-refractivity contribution is -0.144. The highest BCUT2D eigenvalue weighted by atomic mass is 16.5. The Morgan fingerprint density at radius 1 is 0.844 bits per heavy atom. The lowest BCUT2D eigenvalue weighted by Crippen LogP contribution is -2.23. The van der Waals surface area contributed by atoms with Crippen molar-refractivity contribution in [3.63, 3.8) is 0 Å². The number of ether oxygens (including phenoxy) is 3. The predicted molar refractivity (Wildman–Crippen MR) is 179 cm³/mol. The summed E-state index contributed by atoms with van der Waals surface area (Å²) in [5, 5.41) is 9.17. The summed E-state index contributed by atoms with van der Waals surface area (Å²) < 4.78 is 15.7. The molecule has 6 heteroatoms. The second kappa shape index (κ2) is 16.9. The van der Waals surface area contributed by atoms with Crippen molar-refractivity contribution in [1.29, 1.82) is 0 Å². The first-order valence-corrected chi connectivity index (χ1v) is 15.9. The van der Waals surface area contributed by atoms with Gasteiger partial charge in [0.15, 0.2) is 0 Å². The number of aliphatic hydroxyl groups excluding tert-OH is 1. The molecule has 0 heterocycles. The highest BCUT2D eigenvalue weighted by Crippen LogP contribution is 2.35. The maximum Gasteiger partial charge on any atom is 0.335 e. The number of esters is 2. The average Bonchev–Trinajstić information content (AvgIpc) is 3.63. The van der Waals surface area contributed by atoms with Crippen LogP contribution in [0.2, 0.25) is 0 Å². The van der Waals surface area contributed by atoms with Crippen molar-refractivity contribution >= 4 is 11.9 Å². The molecule has 0 bridgehead atoms. The third-order valence-electron chi connectivity index (χ3n) is 8.65. The number of hydrogen-bond acceptors (Lipinski definition) is 6. The molecule has 0 aromatic heterocycles. The first-order chi connectivity index (χ1) is 21.8. The normalized spacial score (nSPS) is 13.8. The molecule has 1 aliphatic carbocycles. The molecule has 1 N–H and O–H groups in total. The van der Waals surface area contributed by atoms with Gasteiger partial charge in [0.05, 0.1) is 37.6 Å². The molecule has 45 heavy (non-hydrogen) atoms. The van der Waals surface area contributed by atoms with Gasteiger partial charge in [-0.1, -0.05) is 99.7 Å². The van der Waals surface area contributed by atoms with E-state index in [9.17, 15) is 9.59 Å². The first-order valence-electron chi connectivity index (χ1n) is 15.9. The fraction of sp³-hybridized carbons (Fsp3) is 0.385. The van der Waals surface area contributed by atoms with Gasteiger partial charge in [-0.15, -0.1) is 0 Å². The topological polar surface area (TPSA) is 82.1 Å². The monoisotopic (exact) mass is 610 g/mol. The second-order valence-corrected chi connectivity index (χ2v) is 11.9. The Labute approximate surface area is 267 Å². The Morgan fingerprint density at radius 3 is 2.04 bits per heavy atom. The number of carbonyl (C=O) groups is 2. The van der Waals surface area contributed by atoms with Crippen LogP contribution in [0.3, 0.4) is 0 Å². The maximum atomic E-state index is 12.2. The van der Waals surface area contributed by atoms with E-state index in [1.807, 2.05) is 0 Å². The number of aliphatic hydroxyl groups is 1. The van der Waals surface area contributed by atoms with Gasteiger partial charge < -0.3 is 19.3 Å². The molecule has 0 aliphatic heterocycles. The van der Waals surface area contributed by atoms with E-state index in [0.717, 1.165) is 23.5 Å². The van der Waals surface area contributed by atoms with Gasteiger partial charge in [-0.05, 0) is 77.0 Å². The van der Waals surface area contributed by atoms with Gasteiger partial charge in [0.2, 0.25) is 0 Å². The van der Waals surface area contributed by atoms with E-state index in [1.165, 1.54) is 60.6 Å². The molecule has 0 saturated heterocycles. The molecule has 0 spiro atoms. The summed E-state index contributed by atoms with van der Waals surface area (Å²) in [5.74, 6) is -0.733. The average molecular weight is 611 g/mol. The standard InChI is InChI=1S/C39H46O6/c1-5-31-22-36(34-18-16-33(17-19-34)32-8-6-7-9-32)20-21-37(31)35-14-12-29(13-15-35)10-11-30(25-44-38(41)27(2)23-40)26-45-39(42)28(3)24-43-4/h12-22,30,32,40H,2-3,5-11,23-26H2,1,4H3. The number of rotatable bonds is 16. The molecular weight excluding hydrogens is 564 g/mol. The summed E-state index contributed by atoms with van der Waals surface area (Å²) in [4.78, 5) is 24.3. The SMILES string of the molecule is C=C(CO)C(=O)OCC(CCc1ccc(-c2ccc(-c3ccc(C4CCCC4)cc3)cc2CC)cc1)COC(=O)C(=C)COC. The van der Waals surface area contributed by atoms with Gasteiger partial charge in [-0.25, -0.2) is 9.59 Å². The maximum absolute atomic E-state index is 12.2. The Morgan fingerprint density at radius 2 is 1.44 bits per heavy atom. The Hall–Kier alpha value is -4.00. The van der Waals surface area contributed by atoms with E-state index in [1.54, 1.807) is 0 Å². The molecule has 3 aromatic carbocycles. The number of methoxy groups -OCH3 is 1. The van der Waals surface area contributed by atoms with Crippen molar-refractivity contribution in [3.8, 4) is 22.3 Å².